The zero-order chi connectivity index (χ0) is 11.7. The first-order chi connectivity index (χ1) is 7.58. The van der Waals surface area contributed by atoms with E-state index in [0.717, 1.165) is 6.42 Å². The van der Waals surface area contributed by atoms with Crippen molar-refractivity contribution in [3.05, 3.63) is 28.8 Å². The molecular weight excluding hydrogens is 228 g/mol. The van der Waals surface area contributed by atoms with Crippen LogP contribution in [-0.2, 0) is 0 Å². The second-order valence-electron chi connectivity index (χ2n) is 3.96. The Labute approximate surface area is 98.6 Å². The highest BCUT2D eigenvalue weighted by atomic mass is 35.5. The monoisotopic (exact) mass is 240 g/mol. The first-order valence-electron chi connectivity index (χ1n) is 5.11. The first kappa shape index (κ1) is 11.2. The van der Waals surface area contributed by atoms with Crippen LogP contribution in [0.4, 0.5) is 0 Å². The molecule has 0 bridgehead atoms. The second-order valence-corrected chi connectivity index (χ2v) is 4.40. The van der Waals surface area contributed by atoms with Gasteiger partial charge in [-0.1, -0.05) is 11.6 Å². The van der Waals surface area contributed by atoms with Crippen molar-refractivity contribution in [1.29, 1.82) is 0 Å². The van der Waals surface area contributed by atoms with Gasteiger partial charge in [0.25, 0.3) is 5.91 Å². The van der Waals surface area contributed by atoms with Crippen LogP contribution in [0.3, 0.4) is 0 Å². The van der Waals surface area contributed by atoms with Crippen molar-refractivity contribution in [2.24, 2.45) is 5.73 Å². The maximum absolute atomic E-state index is 12.0. The Morgan fingerprint density at radius 2 is 2.31 bits per heavy atom. The van der Waals surface area contributed by atoms with E-state index >= 15 is 0 Å². The lowest BCUT2D eigenvalue weighted by Gasteiger charge is -2.16. The average Bonchev–Trinajstić information content (AvgIpc) is 2.64. The number of hydrogen-bond donors (Lipinski definition) is 2. The number of nitrogens with zero attached hydrogens (tertiary/aromatic N) is 1. The van der Waals surface area contributed by atoms with Crippen molar-refractivity contribution in [3.63, 3.8) is 0 Å². The van der Waals surface area contributed by atoms with Gasteiger partial charge in [-0.15, -0.1) is 0 Å². The highest BCUT2D eigenvalue weighted by Crippen LogP contribution is 2.24. The average molecular weight is 241 g/mol. The Morgan fingerprint density at radius 3 is 2.88 bits per heavy atom. The number of benzene rings is 1. The molecule has 2 rings (SSSR count). The van der Waals surface area contributed by atoms with Gasteiger partial charge in [-0.05, 0) is 24.6 Å². The smallest absolute Gasteiger partial charge is 0.257 e. The number of halogens is 1. The third-order valence-corrected chi connectivity index (χ3v) is 2.94. The Bertz CT molecular complexity index is 422. The predicted molar refractivity (Wildman–Crippen MR) is 61.6 cm³/mol. The molecule has 0 unspecified atom stereocenters. The number of rotatable bonds is 1. The number of phenolic OH excluding ortho intramolecular Hbond substituents is 1. The van der Waals surface area contributed by atoms with Crippen LogP contribution < -0.4 is 5.73 Å². The van der Waals surface area contributed by atoms with E-state index in [-0.39, 0.29) is 23.3 Å². The molecule has 1 aliphatic heterocycles. The summed E-state index contributed by atoms with van der Waals surface area (Å²) in [6.45, 7) is 1.18. The van der Waals surface area contributed by atoms with Crippen molar-refractivity contribution in [2.45, 2.75) is 12.5 Å². The fraction of sp³-hybridized carbons (Fsp3) is 0.364. The molecule has 1 amide bonds. The number of carbonyl (C=O) groups excluding carboxylic acids is 1. The minimum absolute atomic E-state index is 0.0402. The Kier molecular flexibility index (Phi) is 3.03. The lowest BCUT2D eigenvalue weighted by Crippen LogP contribution is -2.31. The molecule has 1 atom stereocenters. The van der Waals surface area contributed by atoms with E-state index in [0.29, 0.717) is 18.1 Å². The van der Waals surface area contributed by atoms with Gasteiger partial charge in [-0.2, -0.15) is 0 Å². The molecule has 0 spiro atoms. The lowest BCUT2D eigenvalue weighted by molar-refractivity contribution is 0.0788. The van der Waals surface area contributed by atoms with Crippen LogP contribution in [0.25, 0.3) is 0 Å². The van der Waals surface area contributed by atoms with Gasteiger partial charge in [0.2, 0.25) is 0 Å². The summed E-state index contributed by atoms with van der Waals surface area (Å²) in [5.74, 6) is -0.278. The van der Waals surface area contributed by atoms with E-state index in [1.807, 2.05) is 0 Å². The van der Waals surface area contributed by atoms with Crippen molar-refractivity contribution in [1.82, 2.24) is 4.90 Å². The lowest BCUT2D eigenvalue weighted by atomic mass is 10.2. The third-order valence-electron chi connectivity index (χ3n) is 2.70. The summed E-state index contributed by atoms with van der Waals surface area (Å²) in [4.78, 5) is 13.6. The standard InChI is InChI=1S/C11H13ClN2O2/c12-7-1-2-9(10(15)5-7)11(16)14-4-3-8(13)6-14/h1-2,5,8,15H,3-4,6,13H2/t8-/m0/s1. The zero-order valence-corrected chi connectivity index (χ0v) is 9.44. The van der Waals surface area contributed by atoms with E-state index in [1.165, 1.54) is 12.1 Å². The number of phenols is 1. The van der Waals surface area contributed by atoms with E-state index in [9.17, 15) is 9.90 Å². The summed E-state index contributed by atoms with van der Waals surface area (Å²) < 4.78 is 0. The highest BCUT2D eigenvalue weighted by Gasteiger charge is 2.25. The molecule has 0 aliphatic carbocycles. The van der Waals surface area contributed by atoms with Gasteiger partial charge < -0.3 is 15.7 Å². The summed E-state index contributed by atoms with van der Waals surface area (Å²) in [6, 6.07) is 4.53. The van der Waals surface area contributed by atoms with Crippen LogP contribution in [0.1, 0.15) is 16.8 Å². The molecule has 4 nitrogen and oxygen atoms in total. The normalized spacial score (nSPS) is 20.1. The molecular formula is C11H13ClN2O2. The summed E-state index contributed by atoms with van der Waals surface area (Å²) >= 11 is 5.70. The molecule has 86 valence electrons. The molecule has 1 aromatic rings. The fourth-order valence-corrected chi connectivity index (χ4v) is 1.99. The van der Waals surface area contributed by atoms with Gasteiger partial charge >= 0.3 is 0 Å². The van der Waals surface area contributed by atoms with Crippen LogP contribution in [0.15, 0.2) is 18.2 Å². The first-order valence-corrected chi connectivity index (χ1v) is 5.49. The van der Waals surface area contributed by atoms with Crippen LogP contribution in [0.5, 0.6) is 5.75 Å². The van der Waals surface area contributed by atoms with Gasteiger partial charge in [-0.25, -0.2) is 0 Å². The van der Waals surface area contributed by atoms with Gasteiger partial charge in [0, 0.05) is 24.2 Å². The minimum atomic E-state index is -0.192. The molecule has 1 heterocycles. The molecule has 3 N–H and O–H groups in total. The number of nitrogens with two attached hydrogens (primary N) is 1. The number of amides is 1. The van der Waals surface area contributed by atoms with E-state index in [2.05, 4.69) is 0 Å². The quantitative estimate of drug-likeness (QED) is 0.776. The van der Waals surface area contributed by atoms with Crippen LogP contribution in [0.2, 0.25) is 5.02 Å². The van der Waals surface area contributed by atoms with Crippen molar-refractivity contribution < 1.29 is 9.90 Å². The molecule has 5 heteroatoms. The largest absolute Gasteiger partial charge is 0.507 e. The molecule has 0 aromatic heterocycles. The number of hydrogen-bond acceptors (Lipinski definition) is 3. The molecule has 1 aliphatic rings. The van der Waals surface area contributed by atoms with E-state index < -0.39 is 0 Å². The van der Waals surface area contributed by atoms with Crippen molar-refractivity contribution in [2.75, 3.05) is 13.1 Å². The summed E-state index contributed by atoms with van der Waals surface area (Å²) in [5, 5.41) is 10.0. The SMILES string of the molecule is N[C@H]1CCN(C(=O)c2ccc(Cl)cc2O)C1. The van der Waals surface area contributed by atoms with Gasteiger partial charge in [-0.3, -0.25) is 4.79 Å². The van der Waals surface area contributed by atoms with Gasteiger partial charge in [0.15, 0.2) is 0 Å². The number of carbonyl (C=O) groups is 1. The molecule has 0 saturated carbocycles. The van der Waals surface area contributed by atoms with Gasteiger partial charge in [0.1, 0.15) is 5.75 Å². The molecule has 1 fully saturated rings. The summed E-state index contributed by atoms with van der Waals surface area (Å²) in [5.41, 5.74) is 6.00. The maximum atomic E-state index is 12.0. The fourth-order valence-electron chi connectivity index (χ4n) is 1.83. The van der Waals surface area contributed by atoms with Crippen molar-refractivity contribution in [3.8, 4) is 5.75 Å². The molecule has 1 aromatic carbocycles. The third kappa shape index (κ3) is 2.13. The van der Waals surface area contributed by atoms with Gasteiger partial charge in [0.05, 0.1) is 5.56 Å². The molecule has 0 radical (unpaired) electrons. The summed E-state index contributed by atoms with van der Waals surface area (Å²) in [6.07, 6.45) is 0.806. The Morgan fingerprint density at radius 1 is 1.56 bits per heavy atom. The zero-order valence-electron chi connectivity index (χ0n) is 8.69. The predicted octanol–water partition coefficient (Wildman–Crippen LogP) is 1.22. The minimum Gasteiger partial charge on any atom is -0.507 e. The van der Waals surface area contributed by atoms with E-state index in [1.54, 1.807) is 11.0 Å². The highest BCUT2D eigenvalue weighted by molar-refractivity contribution is 6.30. The Hall–Kier alpha value is -1.26. The van der Waals surface area contributed by atoms with E-state index in [4.69, 9.17) is 17.3 Å². The summed E-state index contributed by atoms with van der Waals surface area (Å²) in [7, 11) is 0. The number of aromatic hydroxyl groups is 1. The topological polar surface area (TPSA) is 66.6 Å². The van der Waals surface area contributed by atoms with Crippen molar-refractivity contribution >= 4 is 17.5 Å². The maximum Gasteiger partial charge on any atom is 0.257 e. The van der Waals surface area contributed by atoms with Crippen LogP contribution >= 0.6 is 11.6 Å². The van der Waals surface area contributed by atoms with Crippen LogP contribution in [0, 0.1) is 0 Å². The second kappa shape index (κ2) is 4.31. The van der Waals surface area contributed by atoms with Crippen LogP contribution in [-0.4, -0.2) is 35.0 Å². The number of likely N-dealkylation sites (tertiary alicyclic amines) is 1. The molecule has 16 heavy (non-hydrogen) atoms. The Balaban J connectivity index is 2.21. The molecule has 1 saturated heterocycles.